The number of hydrogen-bond acceptors (Lipinski definition) is 2. The minimum absolute atomic E-state index is 0.740. The third-order valence-electron chi connectivity index (χ3n) is 2.57. The molecule has 0 bridgehead atoms. The Morgan fingerprint density at radius 1 is 1.12 bits per heavy atom. The molecule has 0 unspecified atom stereocenters. The molecule has 0 fully saturated rings. The first kappa shape index (κ1) is 11.3. The summed E-state index contributed by atoms with van der Waals surface area (Å²) >= 11 is 0. The second-order valence-corrected chi connectivity index (χ2v) is 3.84. The number of nitrogen functional groups attached to an aromatic ring is 1. The van der Waals surface area contributed by atoms with Gasteiger partial charge in [0, 0.05) is 23.5 Å². The Kier molecular flexibility index (Phi) is 3.46. The van der Waals surface area contributed by atoms with Crippen LogP contribution in [-0.4, -0.2) is 6.54 Å². The van der Waals surface area contributed by atoms with Crippen LogP contribution in [0.4, 0.5) is 11.4 Å². The third-order valence-corrected chi connectivity index (χ3v) is 2.57. The number of nitrogens with two attached hydrogens (primary N) is 1. The molecule has 0 aliphatic carbocycles. The molecule has 86 valence electrons. The van der Waals surface area contributed by atoms with Crippen LogP contribution in [0.15, 0.2) is 61.2 Å². The Labute approximate surface area is 102 Å². The third kappa shape index (κ3) is 2.67. The predicted octanol–water partition coefficient (Wildman–Crippen LogP) is 3.53. The van der Waals surface area contributed by atoms with E-state index in [9.17, 15) is 0 Å². The van der Waals surface area contributed by atoms with Gasteiger partial charge < -0.3 is 11.1 Å². The van der Waals surface area contributed by atoms with Crippen LogP contribution in [0.5, 0.6) is 0 Å². The Bertz CT molecular complexity index is 504. The zero-order valence-electron chi connectivity index (χ0n) is 9.69. The van der Waals surface area contributed by atoms with E-state index in [0.29, 0.717) is 0 Å². The summed E-state index contributed by atoms with van der Waals surface area (Å²) in [7, 11) is 0. The maximum absolute atomic E-state index is 5.85. The highest BCUT2D eigenvalue weighted by Gasteiger charge is 2.04. The van der Waals surface area contributed by atoms with Crippen molar-refractivity contribution in [2.45, 2.75) is 0 Å². The van der Waals surface area contributed by atoms with Gasteiger partial charge in [0.15, 0.2) is 0 Å². The second kappa shape index (κ2) is 5.21. The molecule has 2 aromatic rings. The molecule has 17 heavy (non-hydrogen) atoms. The fraction of sp³-hybridized carbons (Fsp3) is 0.0667. The highest BCUT2D eigenvalue weighted by molar-refractivity contribution is 5.80. The lowest BCUT2D eigenvalue weighted by atomic mass is 10.0. The first-order valence-corrected chi connectivity index (χ1v) is 5.61. The van der Waals surface area contributed by atoms with Gasteiger partial charge in [0.2, 0.25) is 0 Å². The van der Waals surface area contributed by atoms with E-state index < -0.39 is 0 Å². The number of rotatable bonds is 4. The molecule has 2 rings (SSSR count). The smallest absolute Gasteiger partial charge is 0.0423 e. The maximum atomic E-state index is 5.85. The zero-order valence-corrected chi connectivity index (χ0v) is 9.69. The molecule has 0 aromatic heterocycles. The van der Waals surface area contributed by atoms with Crippen molar-refractivity contribution < 1.29 is 0 Å². The van der Waals surface area contributed by atoms with E-state index in [-0.39, 0.29) is 0 Å². The van der Waals surface area contributed by atoms with Gasteiger partial charge in [-0.2, -0.15) is 0 Å². The monoisotopic (exact) mass is 224 g/mol. The second-order valence-electron chi connectivity index (χ2n) is 3.84. The van der Waals surface area contributed by atoms with Crippen molar-refractivity contribution in [3.8, 4) is 11.1 Å². The van der Waals surface area contributed by atoms with Gasteiger partial charge in [0.05, 0.1) is 0 Å². The first-order chi connectivity index (χ1) is 8.31. The van der Waals surface area contributed by atoms with Gasteiger partial charge >= 0.3 is 0 Å². The summed E-state index contributed by atoms with van der Waals surface area (Å²) in [5.74, 6) is 0. The predicted molar refractivity (Wildman–Crippen MR) is 75.0 cm³/mol. The summed E-state index contributed by atoms with van der Waals surface area (Å²) in [5.41, 5.74) is 9.97. The summed E-state index contributed by atoms with van der Waals surface area (Å²) in [6.07, 6.45) is 1.84. The average Bonchev–Trinajstić information content (AvgIpc) is 2.38. The highest BCUT2D eigenvalue weighted by atomic mass is 14.9. The Morgan fingerprint density at radius 2 is 1.88 bits per heavy atom. The minimum atomic E-state index is 0.740. The molecule has 0 saturated carbocycles. The fourth-order valence-corrected chi connectivity index (χ4v) is 1.75. The van der Waals surface area contributed by atoms with Gasteiger partial charge in [-0.15, -0.1) is 6.58 Å². The lowest BCUT2D eigenvalue weighted by Crippen LogP contribution is -2.00. The number of hydrogen-bond donors (Lipinski definition) is 2. The van der Waals surface area contributed by atoms with Gasteiger partial charge in [0.25, 0.3) is 0 Å². The van der Waals surface area contributed by atoms with E-state index in [2.05, 4.69) is 24.0 Å². The average molecular weight is 224 g/mol. The molecule has 0 aliphatic heterocycles. The molecular formula is C15H16N2. The van der Waals surface area contributed by atoms with Crippen molar-refractivity contribution in [3.05, 3.63) is 61.2 Å². The molecular weight excluding hydrogens is 208 g/mol. The zero-order chi connectivity index (χ0) is 12.1. The van der Waals surface area contributed by atoms with Gasteiger partial charge in [0.1, 0.15) is 0 Å². The van der Waals surface area contributed by atoms with Crippen LogP contribution in [-0.2, 0) is 0 Å². The van der Waals surface area contributed by atoms with E-state index in [1.807, 2.05) is 42.5 Å². The van der Waals surface area contributed by atoms with Crippen LogP contribution in [0, 0.1) is 0 Å². The van der Waals surface area contributed by atoms with Gasteiger partial charge in [-0.1, -0.05) is 36.4 Å². The van der Waals surface area contributed by atoms with Gasteiger partial charge in [-0.05, 0) is 23.8 Å². The van der Waals surface area contributed by atoms with Crippen molar-refractivity contribution in [1.29, 1.82) is 0 Å². The van der Waals surface area contributed by atoms with Crippen LogP contribution in [0.25, 0.3) is 11.1 Å². The van der Waals surface area contributed by atoms with Crippen molar-refractivity contribution >= 4 is 11.4 Å². The van der Waals surface area contributed by atoms with Crippen molar-refractivity contribution in [1.82, 2.24) is 0 Å². The van der Waals surface area contributed by atoms with Crippen LogP contribution < -0.4 is 11.1 Å². The summed E-state index contributed by atoms with van der Waals surface area (Å²) in [5, 5.41) is 3.32. The van der Waals surface area contributed by atoms with E-state index in [0.717, 1.165) is 29.0 Å². The number of anilines is 2. The molecule has 0 atom stereocenters. The summed E-state index contributed by atoms with van der Waals surface area (Å²) in [6.45, 7) is 4.45. The van der Waals surface area contributed by atoms with Crippen LogP contribution in [0.1, 0.15) is 0 Å². The topological polar surface area (TPSA) is 38.0 Å². The molecule has 0 radical (unpaired) electrons. The molecule has 3 N–H and O–H groups in total. The van der Waals surface area contributed by atoms with Crippen LogP contribution >= 0.6 is 0 Å². The van der Waals surface area contributed by atoms with Crippen molar-refractivity contribution in [3.63, 3.8) is 0 Å². The van der Waals surface area contributed by atoms with Crippen LogP contribution in [0.3, 0.4) is 0 Å². The molecule has 0 saturated heterocycles. The lowest BCUT2D eigenvalue weighted by Gasteiger charge is -2.11. The van der Waals surface area contributed by atoms with Gasteiger partial charge in [-0.3, -0.25) is 0 Å². The largest absolute Gasteiger partial charge is 0.399 e. The summed E-state index contributed by atoms with van der Waals surface area (Å²) in [6, 6.07) is 16.1. The summed E-state index contributed by atoms with van der Waals surface area (Å²) in [4.78, 5) is 0. The Balaban J connectivity index is 2.43. The quantitative estimate of drug-likeness (QED) is 0.616. The molecule has 0 aliphatic rings. The normalized spacial score (nSPS) is 9.88. The van der Waals surface area contributed by atoms with Gasteiger partial charge in [-0.25, -0.2) is 0 Å². The minimum Gasteiger partial charge on any atom is -0.399 e. The number of benzene rings is 2. The molecule has 2 nitrogen and oxygen atoms in total. The SMILES string of the molecule is C=CCNc1ccc(N)cc1-c1ccccc1. The fourth-order valence-electron chi connectivity index (χ4n) is 1.75. The lowest BCUT2D eigenvalue weighted by molar-refractivity contribution is 1.34. The highest BCUT2D eigenvalue weighted by Crippen LogP contribution is 2.29. The van der Waals surface area contributed by atoms with E-state index in [1.165, 1.54) is 0 Å². The molecule has 0 spiro atoms. The summed E-state index contributed by atoms with van der Waals surface area (Å²) < 4.78 is 0. The molecule has 2 heteroatoms. The molecule has 0 heterocycles. The maximum Gasteiger partial charge on any atom is 0.0423 e. The Morgan fingerprint density at radius 3 is 2.59 bits per heavy atom. The number of nitrogens with one attached hydrogen (secondary N) is 1. The van der Waals surface area contributed by atoms with Crippen LogP contribution in [0.2, 0.25) is 0 Å². The molecule has 2 aromatic carbocycles. The first-order valence-electron chi connectivity index (χ1n) is 5.61. The van der Waals surface area contributed by atoms with E-state index in [4.69, 9.17) is 5.73 Å². The van der Waals surface area contributed by atoms with Crippen molar-refractivity contribution in [2.24, 2.45) is 0 Å². The standard InChI is InChI=1S/C15H16N2/c1-2-10-17-15-9-8-13(16)11-14(15)12-6-4-3-5-7-12/h2-9,11,17H,1,10,16H2. The molecule has 0 amide bonds. The Hall–Kier alpha value is -2.22. The van der Waals surface area contributed by atoms with E-state index >= 15 is 0 Å². The van der Waals surface area contributed by atoms with E-state index in [1.54, 1.807) is 0 Å². The van der Waals surface area contributed by atoms with Crippen molar-refractivity contribution in [2.75, 3.05) is 17.6 Å².